The van der Waals surface area contributed by atoms with Crippen LogP contribution in [0.2, 0.25) is 0 Å². The summed E-state index contributed by atoms with van der Waals surface area (Å²) in [6.07, 6.45) is 5.13. The summed E-state index contributed by atoms with van der Waals surface area (Å²) in [5.41, 5.74) is 0. The zero-order valence-corrected chi connectivity index (χ0v) is 15.8. The fourth-order valence-corrected chi connectivity index (χ4v) is 3.27. The number of guanidine groups is 1. The Morgan fingerprint density at radius 3 is 2.35 bits per heavy atom. The molecule has 1 unspecified atom stereocenters. The highest BCUT2D eigenvalue weighted by Gasteiger charge is 2.29. The number of piperidine rings is 1. The van der Waals surface area contributed by atoms with Crippen LogP contribution in [0.1, 0.15) is 53.4 Å². The van der Waals surface area contributed by atoms with Gasteiger partial charge in [-0.2, -0.15) is 0 Å². The molecule has 0 aromatic rings. The molecule has 134 valence electrons. The number of aliphatic imine (C=N–C) groups is 1. The summed E-state index contributed by atoms with van der Waals surface area (Å²) in [6.45, 7) is 13.2. The number of rotatable bonds is 7. The molecule has 1 aliphatic carbocycles. The van der Waals surface area contributed by atoms with E-state index in [0.717, 1.165) is 25.1 Å². The standard InChI is InChI=1S/C18H37N5/c1-6-19-18(20-13-15(4)22(5)17-7-8-17)21-16-9-11-23(12-10-16)14(2)3/h14-17H,6-13H2,1-5H3,(H2,19,20,21). The molecule has 1 aliphatic heterocycles. The molecule has 1 heterocycles. The summed E-state index contributed by atoms with van der Waals surface area (Å²) in [5, 5.41) is 7.06. The molecule has 2 rings (SSSR count). The molecule has 0 amide bonds. The highest BCUT2D eigenvalue weighted by atomic mass is 15.2. The number of hydrogen-bond acceptors (Lipinski definition) is 3. The van der Waals surface area contributed by atoms with E-state index in [0.29, 0.717) is 18.1 Å². The van der Waals surface area contributed by atoms with Gasteiger partial charge in [0.2, 0.25) is 0 Å². The van der Waals surface area contributed by atoms with Gasteiger partial charge in [-0.05, 0) is 60.4 Å². The van der Waals surface area contributed by atoms with Gasteiger partial charge in [-0.15, -0.1) is 0 Å². The summed E-state index contributed by atoms with van der Waals surface area (Å²) in [7, 11) is 2.24. The van der Waals surface area contributed by atoms with Crippen LogP contribution in [0.5, 0.6) is 0 Å². The minimum Gasteiger partial charge on any atom is -0.357 e. The monoisotopic (exact) mass is 323 g/mol. The second-order valence-corrected chi connectivity index (χ2v) is 7.51. The maximum absolute atomic E-state index is 4.83. The van der Waals surface area contributed by atoms with Gasteiger partial charge in [-0.3, -0.25) is 9.89 Å². The van der Waals surface area contributed by atoms with Crippen molar-refractivity contribution in [1.29, 1.82) is 0 Å². The Morgan fingerprint density at radius 2 is 1.83 bits per heavy atom. The van der Waals surface area contributed by atoms with Crippen molar-refractivity contribution in [2.75, 3.05) is 33.2 Å². The van der Waals surface area contributed by atoms with Gasteiger partial charge in [-0.1, -0.05) is 0 Å². The van der Waals surface area contributed by atoms with Gasteiger partial charge in [0.1, 0.15) is 0 Å². The van der Waals surface area contributed by atoms with Crippen molar-refractivity contribution in [2.24, 2.45) is 4.99 Å². The summed E-state index contributed by atoms with van der Waals surface area (Å²) in [5.74, 6) is 0.992. The zero-order chi connectivity index (χ0) is 16.8. The van der Waals surface area contributed by atoms with Crippen LogP contribution in [-0.4, -0.2) is 73.2 Å². The van der Waals surface area contributed by atoms with Crippen LogP contribution in [0.15, 0.2) is 4.99 Å². The number of nitrogens with zero attached hydrogens (tertiary/aromatic N) is 3. The van der Waals surface area contributed by atoms with E-state index in [9.17, 15) is 0 Å². The van der Waals surface area contributed by atoms with Crippen LogP contribution in [0.4, 0.5) is 0 Å². The van der Waals surface area contributed by atoms with Crippen LogP contribution in [-0.2, 0) is 0 Å². The first kappa shape index (κ1) is 18.5. The molecule has 0 spiro atoms. The van der Waals surface area contributed by atoms with Gasteiger partial charge in [-0.25, -0.2) is 0 Å². The van der Waals surface area contributed by atoms with E-state index < -0.39 is 0 Å². The van der Waals surface area contributed by atoms with Crippen molar-refractivity contribution < 1.29 is 0 Å². The summed E-state index contributed by atoms with van der Waals surface area (Å²) < 4.78 is 0. The average Bonchev–Trinajstić information content (AvgIpc) is 3.37. The number of likely N-dealkylation sites (tertiary alicyclic amines) is 1. The Kier molecular flexibility index (Phi) is 7.15. The van der Waals surface area contributed by atoms with E-state index in [2.05, 4.69) is 55.2 Å². The Bertz CT molecular complexity index is 370. The predicted octanol–water partition coefficient (Wildman–Crippen LogP) is 1.90. The van der Waals surface area contributed by atoms with E-state index in [1.54, 1.807) is 0 Å². The number of likely N-dealkylation sites (N-methyl/N-ethyl adjacent to an activating group) is 1. The van der Waals surface area contributed by atoms with Gasteiger partial charge >= 0.3 is 0 Å². The lowest BCUT2D eigenvalue weighted by Gasteiger charge is -2.35. The second kappa shape index (κ2) is 8.88. The maximum Gasteiger partial charge on any atom is 0.191 e. The van der Waals surface area contributed by atoms with E-state index >= 15 is 0 Å². The molecule has 5 heteroatoms. The molecule has 0 aromatic heterocycles. The highest BCUT2D eigenvalue weighted by Crippen LogP contribution is 2.26. The molecule has 2 fully saturated rings. The average molecular weight is 324 g/mol. The predicted molar refractivity (Wildman–Crippen MR) is 99.1 cm³/mol. The van der Waals surface area contributed by atoms with Crippen LogP contribution in [0.3, 0.4) is 0 Å². The first-order valence-corrected chi connectivity index (χ1v) is 9.52. The second-order valence-electron chi connectivity index (χ2n) is 7.51. The van der Waals surface area contributed by atoms with E-state index in [1.165, 1.54) is 38.8 Å². The van der Waals surface area contributed by atoms with Crippen LogP contribution in [0, 0.1) is 0 Å². The molecule has 1 saturated carbocycles. The first-order valence-electron chi connectivity index (χ1n) is 9.52. The SMILES string of the molecule is CCNC(=NCC(C)N(C)C1CC1)NC1CCN(C(C)C)CC1. The molecular formula is C18H37N5. The normalized spacial score (nSPS) is 22.7. The largest absolute Gasteiger partial charge is 0.357 e. The topological polar surface area (TPSA) is 42.9 Å². The first-order chi connectivity index (χ1) is 11.0. The van der Waals surface area contributed by atoms with Gasteiger partial charge in [0, 0.05) is 43.8 Å². The minimum atomic E-state index is 0.515. The Labute approximate surface area is 142 Å². The van der Waals surface area contributed by atoms with Crippen molar-refractivity contribution in [3.8, 4) is 0 Å². The van der Waals surface area contributed by atoms with Gasteiger partial charge in [0.15, 0.2) is 5.96 Å². The van der Waals surface area contributed by atoms with E-state index in [4.69, 9.17) is 4.99 Å². The van der Waals surface area contributed by atoms with Crippen molar-refractivity contribution in [2.45, 2.75) is 77.5 Å². The highest BCUT2D eigenvalue weighted by molar-refractivity contribution is 5.80. The third-order valence-electron chi connectivity index (χ3n) is 5.28. The summed E-state index contributed by atoms with van der Waals surface area (Å²) in [6, 6.07) is 2.53. The molecular weight excluding hydrogens is 286 g/mol. The van der Waals surface area contributed by atoms with Gasteiger partial charge in [0.05, 0.1) is 6.54 Å². The molecule has 5 nitrogen and oxygen atoms in total. The Balaban J connectivity index is 1.79. The third kappa shape index (κ3) is 5.96. The quantitative estimate of drug-likeness (QED) is 0.555. The summed E-state index contributed by atoms with van der Waals surface area (Å²) in [4.78, 5) is 9.88. The smallest absolute Gasteiger partial charge is 0.191 e. The Morgan fingerprint density at radius 1 is 1.17 bits per heavy atom. The van der Waals surface area contributed by atoms with Crippen molar-refractivity contribution in [3.05, 3.63) is 0 Å². The molecule has 2 aliphatic rings. The fourth-order valence-electron chi connectivity index (χ4n) is 3.27. The zero-order valence-electron chi connectivity index (χ0n) is 15.8. The number of nitrogens with one attached hydrogen (secondary N) is 2. The lowest BCUT2D eigenvalue weighted by Crippen LogP contribution is -2.50. The van der Waals surface area contributed by atoms with Crippen LogP contribution in [0.25, 0.3) is 0 Å². The van der Waals surface area contributed by atoms with Crippen molar-refractivity contribution in [3.63, 3.8) is 0 Å². The van der Waals surface area contributed by atoms with E-state index in [-0.39, 0.29) is 0 Å². The molecule has 23 heavy (non-hydrogen) atoms. The van der Waals surface area contributed by atoms with Crippen LogP contribution < -0.4 is 10.6 Å². The molecule has 2 N–H and O–H groups in total. The minimum absolute atomic E-state index is 0.515. The third-order valence-corrected chi connectivity index (χ3v) is 5.28. The lowest BCUT2D eigenvalue weighted by atomic mass is 10.0. The van der Waals surface area contributed by atoms with Gasteiger partial charge in [0.25, 0.3) is 0 Å². The summed E-state index contributed by atoms with van der Waals surface area (Å²) >= 11 is 0. The molecule has 1 saturated heterocycles. The molecule has 0 bridgehead atoms. The lowest BCUT2D eigenvalue weighted by molar-refractivity contribution is 0.167. The van der Waals surface area contributed by atoms with Crippen LogP contribution >= 0.6 is 0 Å². The Hall–Kier alpha value is -0.810. The molecule has 1 atom stereocenters. The fraction of sp³-hybridized carbons (Fsp3) is 0.944. The number of hydrogen-bond donors (Lipinski definition) is 2. The van der Waals surface area contributed by atoms with Crippen molar-refractivity contribution in [1.82, 2.24) is 20.4 Å². The van der Waals surface area contributed by atoms with Crippen molar-refractivity contribution >= 4 is 5.96 Å². The molecule has 0 radical (unpaired) electrons. The van der Waals surface area contributed by atoms with E-state index in [1.807, 2.05) is 0 Å². The molecule has 0 aromatic carbocycles. The van der Waals surface area contributed by atoms with Gasteiger partial charge < -0.3 is 15.5 Å². The maximum atomic E-state index is 4.83.